The molecule has 1 aromatic carbocycles. The summed E-state index contributed by atoms with van der Waals surface area (Å²) >= 11 is 0. The highest BCUT2D eigenvalue weighted by molar-refractivity contribution is 5.94. The second-order valence-electron chi connectivity index (χ2n) is 5.49. The number of hydrogen-bond acceptors (Lipinski definition) is 3. The quantitative estimate of drug-likeness (QED) is 0.868. The number of piperidine rings is 1. The first-order valence-electron chi connectivity index (χ1n) is 7.55. The van der Waals surface area contributed by atoms with Gasteiger partial charge in [0, 0.05) is 25.2 Å². The third kappa shape index (κ3) is 4.40. The Labute approximate surface area is 131 Å². The van der Waals surface area contributed by atoms with Crippen molar-refractivity contribution in [3.63, 3.8) is 0 Å². The first kappa shape index (κ1) is 16.2. The van der Waals surface area contributed by atoms with E-state index in [0.29, 0.717) is 12.1 Å². The zero-order chi connectivity index (χ0) is 15.9. The molecule has 116 valence electrons. The minimum Gasteiger partial charge on any atom is -0.338 e. The van der Waals surface area contributed by atoms with Crippen LogP contribution in [0.4, 0.5) is 0 Å². The summed E-state index contributed by atoms with van der Waals surface area (Å²) in [7, 11) is 0. The van der Waals surface area contributed by atoms with Crippen LogP contribution in [0.2, 0.25) is 0 Å². The molecule has 0 saturated carbocycles. The van der Waals surface area contributed by atoms with Crippen molar-refractivity contribution < 1.29 is 9.59 Å². The lowest BCUT2D eigenvalue weighted by Gasteiger charge is -2.28. The first-order valence-corrected chi connectivity index (χ1v) is 7.55. The molecule has 0 aromatic heterocycles. The van der Waals surface area contributed by atoms with Crippen molar-refractivity contribution >= 4 is 11.7 Å². The Kier molecular flexibility index (Phi) is 5.67. The largest absolute Gasteiger partial charge is 0.338 e. The lowest BCUT2D eigenvalue weighted by Crippen LogP contribution is -2.36. The molecule has 1 aliphatic heterocycles. The van der Waals surface area contributed by atoms with E-state index >= 15 is 0 Å². The van der Waals surface area contributed by atoms with E-state index in [9.17, 15) is 9.59 Å². The molecule has 0 unspecified atom stereocenters. The first-order chi connectivity index (χ1) is 10.6. The van der Waals surface area contributed by atoms with Crippen LogP contribution in [0.1, 0.15) is 35.7 Å². The highest BCUT2D eigenvalue weighted by Gasteiger charge is 2.19. The van der Waals surface area contributed by atoms with Crippen LogP contribution in [0.15, 0.2) is 48.1 Å². The summed E-state index contributed by atoms with van der Waals surface area (Å²) in [4.78, 5) is 25.2. The molecule has 1 aromatic rings. The fourth-order valence-corrected chi connectivity index (χ4v) is 2.45. The molecule has 22 heavy (non-hydrogen) atoms. The third-order valence-corrected chi connectivity index (χ3v) is 3.79. The van der Waals surface area contributed by atoms with Gasteiger partial charge in [-0.2, -0.15) is 0 Å². The number of amides is 1. The summed E-state index contributed by atoms with van der Waals surface area (Å²) in [5, 5.41) is 0. The fraction of sp³-hybridized carbons (Fsp3) is 0.333. The maximum absolute atomic E-state index is 12.4. The topological polar surface area (TPSA) is 63.4 Å². The van der Waals surface area contributed by atoms with Crippen LogP contribution in [0.25, 0.3) is 0 Å². The molecule has 1 saturated heterocycles. The Bertz CT molecular complexity index is 590. The number of hydrogen-bond donors (Lipinski definition) is 1. The van der Waals surface area contributed by atoms with Gasteiger partial charge in [-0.15, -0.1) is 0 Å². The van der Waals surface area contributed by atoms with E-state index in [0.717, 1.165) is 31.5 Å². The van der Waals surface area contributed by atoms with E-state index in [2.05, 4.69) is 0 Å². The van der Waals surface area contributed by atoms with Gasteiger partial charge >= 0.3 is 0 Å². The van der Waals surface area contributed by atoms with Gasteiger partial charge in [0.05, 0.1) is 0 Å². The van der Waals surface area contributed by atoms with Gasteiger partial charge in [0.15, 0.2) is 5.78 Å². The summed E-state index contributed by atoms with van der Waals surface area (Å²) in [6.45, 7) is 3.46. The van der Waals surface area contributed by atoms with Crippen LogP contribution >= 0.6 is 0 Å². The summed E-state index contributed by atoms with van der Waals surface area (Å²) < 4.78 is 0. The zero-order valence-corrected chi connectivity index (χ0v) is 12.9. The van der Waals surface area contributed by atoms with Crippen LogP contribution in [-0.4, -0.2) is 29.7 Å². The lowest BCUT2D eigenvalue weighted by molar-refractivity contribution is -0.112. The SMILES string of the molecule is CC(=O)/C=C/C=C1CCN(C(=O)c2ccc(CN)cc2)CC1. The molecular formula is C18H22N2O2. The van der Waals surface area contributed by atoms with Gasteiger partial charge < -0.3 is 10.6 Å². The Morgan fingerprint density at radius 2 is 1.82 bits per heavy atom. The van der Waals surface area contributed by atoms with Crippen molar-refractivity contribution in [3.8, 4) is 0 Å². The summed E-state index contributed by atoms with van der Waals surface area (Å²) in [6.07, 6.45) is 7.05. The van der Waals surface area contributed by atoms with E-state index in [1.54, 1.807) is 12.2 Å². The van der Waals surface area contributed by atoms with Crippen LogP contribution in [-0.2, 0) is 11.3 Å². The normalized spacial score (nSPS) is 15.2. The summed E-state index contributed by atoms with van der Waals surface area (Å²) in [5.41, 5.74) is 8.58. The van der Waals surface area contributed by atoms with Gasteiger partial charge in [-0.3, -0.25) is 9.59 Å². The van der Waals surface area contributed by atoms with E-state index in [1.165, 1.54) is 12.5 Å². The Morgan fingerprint density at radius 1 is 1.18 bits per heavy atom. The zero-order valence-electron chi connectivity index (χ0n) is 12.9. The predicted molar refractivity (Wildman–Crippen MR) is 87.4 cm³/mol. The Balaban J connectivity index is 1.93. The smallest absolute Gasteiger partial charge is 0.253 e. The van der Waals surface area contributed by atoms with Gasteiger partial charge in [0.2, 0.25) is 0 Å². The Hall–Kier alpha value is -2.20. The van der Waals surface area contributed by atoms with E-state index in [1.807, 2.05) is 35.2 Å². The number of rotatable bonds is 4. The average molecular weight is 298 g/mol. The predicted octanol–water partition coefficient (Wildman–Crippen LogP) is 2.45. The van der Waals surface area contributed by atoms with Crippen LogP contribution in [0.5, 0.6) is 0 Å². The lowest BCUT2D eigenvalue weighted by atomic mass is 10.0. The molecule has 1 heterocycles. The number of allylic oxidation sites excluding steroid dienone is 3. The van der Waals surface area contributed by atoms with Crippen molar-refractivity contribution in [2.24, 2.45) is 5.73 Å². The molecule has 1 aliphatic rings. The Morgan fingerprint density at radius 3 is 2.36 bits per heavy atom. The van der Waals surface area contributed by atoms with Crippen LogP contribution in [0, 0.1) is 0 Å². The van der Waals surface area contributed by atoms with Gasteiger partial charge in [-0.1, -0.05) is 29.9 Å². The molecular weight excluding hydrogens is 276 g/mol. The highest BCUT2D eigenvalue weighted by Crippen LogP contribution is 2.18. The molecule has 2 N–H and O–H groups in total. The maximum Gasteiger partial charge on any atom is 0.253 e. The molecule has 4 nitrogen and oxygen atoms in total. The minimum absolute atomic E-state index is 0.0467. The minimum atomic E-state index is 0.0467. The molecule has 0 aliphatic carbocycles. The standard InChI is InChI=1S/C18H22N2O2/c1-14(21)3-2-4-15-9-11-20(12-10-15)18(22)17-7-5-16(13-19)6-8-17/h2-8H,9-13,19H2,1H3/b3-2+. The number of carbonyl (C=O) groups is 2. The molecule has 1 amide bonds. The van der Waals surface area contributed by atoms with Gasteiger partial charge in [0.1, 0.15) is 0 Å². The highest BCUT2D eigenvalue weighted by atomic mass is 16.2. The van der Waals surface area contributed by atoms with Crippen LogP contribution in [0.3, 0.4) is 0 Å². The molecule has 0 spiro atoms. The van der Waals surface area contributed by atoms with E-state index < -0.39 is 0 Å². The van der Waals surface area contributed by atoms with Gasteiger partial charge in [0.25, 0.3) is 5.91 Å². The number of nitrogens with two attached hydrogens (primary N) is 1. The number of nitrogens with zero attached hydrogens (tertiary/aromatic N) is 1. The summed E-state index contributed by atoms with van der Waals surface area (Å²) in [6, 6.07) is 7.47. The monoisotopic (exact) mass is 298 g/mol. The second kappa shape index (κ2) is 7.71. The molecule has 0 bridgehead atoms. The molecule has 4 heteroatoms. The number of ketones is 1. The maximum atomic E-state index is 12.4. The number of carbonyl (C=O) groups excluding carboxylic acids is 2. The molecule has 0 radical (unpaired) electrons. The van der Waals surface area contributed by atoms with Crippen molar-refractivity contribution in [2.75, 3.05) is 13.1 Å². The van der Waals surface area contributed by atoms with Crippen molar-refractivity contribution in [1.82, 2.24) is 4.90 Å². The third-order valence-electron chi connectivity index (χ3n) is 3.79. The van der Waals surface area contributed by atoms with Crippen molar-refractivity contribution in [2.45, 2.75) is 26.3 Å². The molecule has 0 atom stereocenters. The number of likely N-dealkylation sites (tertiary alicyclic amines) is 1. The fourth-order valence-electron chi connectivity index (χ4n) is 2.45. The second-order valence-corrected chi connectivity index (χ2v) is 5.49. The van der Waals surface area contributed by atoms with Crippen molar-refractivity contribution in [1.29, 1.82) is 0 Å². The summed E-state index contributed by atoms with van der Waals surface area (Å²) in [5.74, 6) is 0.118. The number of benzene rings is 1. The van der Waals surface area contributed by atoms with Crippen molar-refractivity contribution in [3.05, 3.63) is 59.2 Å². The van der Waals surface area contributed by atoms with E-state index in [4.69, 9.17) is 5.73 Å². The average Bonchev–Trinajstić information content (AvgIpc) is 2.54. The molecule has 2 rings (SSSR count). The van der Waals surface area contributed by atoms with Gasteiger partial charge in [-0.25, -0.2) is 0 Å². The molecule has 1 fully saturated rings. The van der Waals surface area contributed by atoms with Crippen LogP contribution < -0.4 is 5.73 Å². The van der Waals surface area contributed by atoms with E-state index in [-0.39, 0.29) is 11.7 Å². The van der Waals surface area contributed by atoms with Gasteiger partial charge in [-0.05, 0) is 43.5 Å².